The Labute approximate surface area is 136 Å². The summed E-state index contributed by atoms with van der Waals surface area (Å²) in [7, 11) is 0. The van der Waals surface area contributed by atoms with Crippen molar-refractivity contribution in [3.05, 3.63) is 0 Å². The summed E-state index contributed by atoms with van der Waals surface area (Å²) in [6, 6.07) is 0.884. The van der Waals surface area contributed by atoms with E-state index in [0.717, 1.165) is 19.0 Å². The summed E-state index contributed by atoms with van der Waals surface area (Å²) in [6.07, 6.45) is 8.22. The van der Waals surface area contributed by atoms with Gasteiger partial charge < -0.3 is 15.5 Å². The molecule has 2 rings (SSSR count). The topological polar surface area (TPSA) is 32.5 Å². The van der Waals surface area contributed by atoms with Gasteiger partial charge in [0.25, 0.3) is 0 Å². The molecule has 2 aliphatic rings. The quantitative estimate of drug-likeness (QED) is 0.857. The van der Waals surface area contributed by atoms with E-state index >= 15 is 0 Å². The molecule has 0 amide bonds. The zero-order valence-corrected chi connectivity index (χ0v) is 14.2. The standard InChI is InChI=1S/C13H27N3.3ClH/c14-7-4-8-15-11-5-13(6-12-15)16-9-2-1-3-10-16;;;/h13H,1-12,14H2;3*1H. The van der Waals surface area contributed by atoms with Crippen LogP contribution in [-0.4, -0.2) is 55.1 Å². The molecule has 0 aromatic rings. The Kier molecular flexibility index (Phi) is 14.5. The van der Waals surface area contributed by atoms with E-state index in [-0.39, 0.29) is 37.2 Å². The van der Waals surface area contributed by atoms with E-state index in [9.17, 15) is 0 Å². The van der Waals surface area contributed by atoms with E-state index in [1.165, 1.54) is 64.8 Å². The zero-order chi connectivity index (χ0) is 11.2. The van der Waals surface area contributed by atoms with Gasteiger partial charge in [0.1, 0.15) is 0 Å². The highest BCUT2D eigenvalue weighted by Gasteiger charge is 2.24. The molecule has 2 N–H and O–H groups in total. The van der Waals surface area contributed by atoms with Gasteiger partial charge in [-0.25, -0.2) is 0 Å². The number of nitrogens with two attached hydrogens (primary N) is 1. The minimum absolute atomic E-state index is 0. The van der Waals surface area contributed by atoms with E-state index in [1.54, 1.807) is 0 Å². The minimum atomic E-state index is 0. The highest BCUT2D eigenvalue weighted by atomic mass is 35.5. The Morgan fingerprint density at radius 2 is 1.42 bits per heavy atom. The lowest BCUT2D eigenvalue weighted by Gasteiger charge is -2.40. The highest BCUT2D eigenvalue weighted by Crippen LogP contribution is 2.20. The molecular weight excluding hydrogens is 305 g/mol. The van der Waals surface area contributed by atoms with Crippen LogP contribution in [0.2, 0.25) is 0 Å². The van der Waals surface area contributed by atoms with Crippen molar-refractivity contribution >= 4 is 37.2 Å². The van der Waals surface area contributed by atoms with Crippen LogP contribution in [-0.2, 0) is 0 Å². The molecule has 118 valence electrons. The Balaban J connectivity index is 0. The van der Waals surface area contributed by atoms with Crippen LogP contribution in [0.15, 0.2) is 0 Å². The largest absolute Gasteiger partial charge is 0.330 e. The third-order valence-corrected chi connectivity index (χ3v) is 4.14. The molecule has 0 bridgehead atoms. The zero-order valence-electron chi connectivity index (χ0n) is 11.8. The van der Waals surface area contributed by atoms with Gasteiger partial charge in [-0.05, 0) is 71.4 Å². The highest BCUT2D eigenvalue weighted by molar-refractivity contribution is 5.86. The number of hydrogen-bond acceptors (Lipinski definition) is 3. The molecule has 6 heteroatoms. The summed E-state index contributed by atoms with van der Waals surface area (Å²) < 4.78 is 0. The van der Waals surface area contributed by atoms with E-state index in [0.29, 0.717) is 0 Å². The molecule has 0 atom stereocenters. The molecule has 0 radical (unpaired) electrons. The lowest BCUT2D eigenvalue weighted by Crippen LogP contribution is -2.46. The first-order valence-corrected chi connectivity index (χ1v) is 7.06. The second kappa shape index (κ2) is 12.5. The molecule has 0 unspecified atom stereocenters. The fraction of sp³-hybridized carbons (Fsp3) is 1.00. The molecule has 0 aromatic carbocycles. The first-order chi connectivity index (χ1) is 7.90. The van der Waals surface area contributed by atoms with Crippen molar-refractivity contribution in [3.63, 3.8) is 0 Å². The average molecular weight is 335 g/mol. The molecule has 0 saturated carbocycles. The maximum atomic E-state index is 5.55. The molecule has 2 fully saturated rings. The summed E-state index contributed by atoms with van der Waals surface area (Å²) in [5, 5.41) is 0. The molecule has 2 saturated heterocycles. The summed E-state index contributed by atoms with van der Waals surface area (Å²) in [5.74, 6) is 0. The van der Waals surface area contributed by atoms with Crippen molar-refractivity contribution in [2.24, 2.45) is 5.73 Å². The fourth-order valence-electron chi connectivity index (χ4n) is 3.11. The lowest BCUT2D eigenvalue weighted by molar-refractivity contribution is 0.0924. The summed E-state index contributed by atoms with van der Waals surface area (Å²) in [6.45, 7) is 7.35. The normalized spacial score (nSPS) is 21.9. The van der Waals surface area contributed by atoms with Crippen molar-refractivity contribution in [1.29, 1.82) is 0 Å². The minimum Gasteiger partial charge on any atom is -0.330 e. The van der Waals surface area contributed by atoms with Gasteiger partial charge in [0.05, 0.1) is 0 Å². The monoisotopic (exact) mass is 333 g/mol. The lowest BCUT2D eigenvalue weighted by atomic mass is 10.00. The van der Waals surface area contributed by atoms with Crippen LogP contribution in [0.1, 0.15) is 38.5 Å². The molecule has 0 aliphatic carbocycles. The van der Waals surface area contributed by atoms with Gasteiger partial charge in [-0.2, -0.15) is 0 Å². The predicted octanol–water partition coefficient (Wildman–Crippen LogP) is 2.55. The third-order valence-electron chi connectivity index (χ3n) is 4.14. The van der Waals surface area contributed by atoms with Crippen LogP contribution < -0.4 is 5.73 Å². The smallest absolute Gasteiger partial charge is 0.0120 e. The van der Waals surface area contributed by atoms with Gasteiger partial charge in [-0.3, -0.25) is 0 Å². The van der Waals surface area contributed by atoms with Gasteiger partial charge in [-0.15, -0.1) is 37.2 Å². The van der Waals surface area contributed by atoms with Gasteiger partial charge in [0.2, 0.25) is 0 Å². The Hall–Kier alpha value is 0.750. The van der Waals surface area contributed by atoms with Gasteiger partial charge in [0.15, 0.2) is 0 Å². The molecule has 19 heavy (non-hydrogen) atoms. The summed E-state index contributed by atoms with van der Waals surface area (Å²) in [4.78, 5) is 5.33. The number of piperidine rings is 2. The summed E-state index contributed by atoms with van der Waals surface area (Å²) >= 11 is 0. The maximum absolute atomic E-state index is 5.55. The van der Waals surface area contributed by atoms with Crippen LogP contribution in [0.5, 0.6) is 0 Å². The van der Waals surface area contributed by atoms with Gasteiger partial charge in [-0.1, -0.05) is 6.42 Å². The maximum Gasteiger partial charge on any atom is 0.0120 e. The van der Waals surface area contributed by atoms with Gasteiger partial charge in [0, 0.05) is 6.04 Å². The van der Waals surface area contributed by atoms with Crippen LogP contribution in [0.3, 0.4) is 0 Å². The molecule has 0 spiro atoms. The molecule has 3 nitrogen and oxygen atoms in total. The summed E-state index contributed by atoms with van der Waals surface area (Å²) in [5.41, 5.74) is 5.55. The van der Waals surface area contributed by atoms with Crippen LogP contribution in [0.4, 0.5) is 0 Å². The molecule has 2 heterocycles. The van der Waals surface area contributed by atoms with Crippen LogP contribution >= 0.6 is 37.2 Å². The van der Waals surface area contributed by atoms with Crippen molar-refractivity contribution in [1.82, 2.24) is 9.80 Å². The Bertz CT molecular complexity index is 194. The molecular formula is C13H30Cl3N3. The fourth-order valence-corrected chi connectivity index (χ4v) is 3.11. The Morgan fingerprint density at radius 3 is 1.95 bits per heavy atom. The van der Waals surface area contributed by atoms with E-state index in [4.69, 9.17) is 5.73 Å². The number of likely N-dealkylation sites (tertiary alicyclic amines) is 2. The number of rotatable bonds is 4. The molecule has 0 aromatic heterocycles. The Morgan fingerprint density at radius 1 is 0.842 bits per heavy atom. The average Bonchev–Trinajstić information content (AvgIpc) is 2.38. The van der Waals surface area contributed by atoms with Crippen molar-refractivity contribution in [2.45, 2.75) is 44.6 Å². The number of halogens is 3. The second-order valence-corrected chi connectivity index (χ2v) is 5.31. The third kappa shape index (κ3) is 7.35. The van der Waals surface area contributed by atoms with Crippen LogP contribution in [0.25, 0.3) is 0 Å². The van der Waals surface area contributed by atoms with E-state index in [1.807, 2.05) is 0 Å². The predicted molar refractivity (Wildman–Crippen MR) is 90.3 cm³/mol. The second-order valence-electron chi connectivity index (χ2n) is 5.31. The van der Waals surface area contributed by atoms with Gasteiger partial charge >= 0.3 is 0 Å². The SMILES string of the molecule is Cl.Cl.Cl.NCCCN1CCC(N2CCCCC2)CC1. The number of hydrogen-bond donors (Lipinski definition) is 1. The van der Waals surface area contributed by atoms with Crippen molar-refractivity contribution in [3.8, 4) is 0 Å². The first kappa shape index (κ1) is 22.0. The van der Waals surface area contributed by atoms with Crippen LogP contribution in [0, 0.1) is 0 Å². The van der Waals surface area contributed by atoms with E-state index in [2.05, 4.69) is 9.80 Å². The van der Waals surface area contributed by atoms with E-state index < -0.39 is 0 Å². The van der Waals surface area contributed by atoms with Crippen molar-refractivity contribution in [2.75, 3.05) is 39.3 Å². The first-order valence-electron chi connectivity index (χ1n) is 7.06. The molecule has 2 aliphatic heterocycles. The number of nitrogens with zero attached hydrogens (tertiary/aromatic N) is 2. The van der Waals surface area contributed by atoms with Crippen molar-refractivity contribution < 1.29 is 0 Å².